The van der Waals surface area contributed by atoms with E-state index in [0.717, 1.165) is 29.4 Å². The molecule has 2 saturated carbocycles. The maximum Gasteiger partial charge on any atom is 0.238 e. The van der Waals surface area contributed by atoms with Crippen molar-refractivity contribution < 1.29 is 19.2 Å². The van der Waals surface area contributed by atoms with Crippen LogP contribution in [0.3, 0.4) is 0 Å². The topological polar surface area (TPSA) is 103 Å². The van der Waals surface area contributed by atoms with Crippen molar-refractivity contribution in [1.29, 1.82) is 0 Å². The number of rotatable bonds is 3. The lowest BCUT2D eigenvalue weighted by molar-refractivity contribution is -0.124. The number of allylic oxidation sites excluding steroid dienone is 4. The number of fused-ring (bicyclic) bond motifs is 11. The third-order valence-corrected chi connectivity index (χ3v) is 10.1. The molecule has 1 N–H and O–H groups in total. The molecular formula is C31H24N4O4. The molecule has 2 aliphatic heterocycles. The molecule has 8 heteroatoms. The SMILES string of the molecule is O=C1[C@@H]2[C@@H](C(=O)N1c1ccc(-c3nc4ccc(N5C(=O)[C@@H]6[C@H](C5=O)[C@@H]5C=C[C@H]6C5)cc4[nH]3)cc1)[C@H]1C=C[C@H]2C1. The zero-order chi connectivity index (χ0) is 26.2. The molecule has 8 atom stereocenters. The predicted molar refractivity (Wildman–Crippen MR) is 142 cm³/mol. The molecular weight excluding hydrogens is 492 g/mol. The van der Waals surface area contributed by atoms with Crippen LogP contribution < -0.4 is 9.80 Å². The van der Waals surface area contributed by atoms with Gasteiger partial charge in [0.1, 0.15) is 5.82 Å². The summed E-state index contributed by atoms with van der Waals surface area (Å²) in [7, 11) is 0. The molecule has 6 aliphatic rings. The minimum atomic E-state index is -0.237. The van der Waals surface area contributed by atoms with E-state index in [1.807, 2.05) is 24.3 Å². The molecule has 3 aromatic rings. The van der Waals surface area contributed by atoms with E-state index in [1.165, 1.54) is 9.80 Å². The summed E-state index contributed by atoms with van der Waals surface area (Å²) >= 11 is 0. The maximum absolute atomic E-state index is 13.2. The number of anilines is 2. The van der Waals surface area contributed by atoms with E-state index in [1.54, 1.807) is 18.2 Å². The van der Waals surface area contributed by atoms with Crippen molar-refractivity contribution in [3.63, 3.8) is 0 Å². The normalized spacial score (nSPS) is 35.4. The Bertz CT molecular complexity index is 1660. The van der Waals surface area contributed by atoms with Gasteiger partial charge >= 0.3 is 0 Å². The number of carbonyl (C=O) groups is 4. The number of amides is 4. The average molecular weight is 517 g/mol. The Morgan fingerprint density at radius 3 is 1.59 bits per heavy atom. The zero-order valence-electron chi connectivity index (χ0n) is 20.9. The highest BCUT2D eigenvalue weighted by molar-refractivity contribution is 6.24. The number of imide groups is 2. The predicted octanol–water partition coefficient (Wildman–Crippen LogP) is 3.85. The Labute approximate surface area is 223 Å². The van der Waals surface area contributed by atoms with E-state index in [2.05, 4.69) is 29.3 Å². The van der Waals surface area contributed by atoms with Crippen LogP contribution in [0.2, 0.25) is 0 Å². The second kappa shape index (κ2) is 7.20. The fourth-order valence-corrected chi connectivity index (χ4v) is 8.36. The van der Waals surface area contributed by atoms with Crippen LogP contribution in [-0.4, -0.2) is 33.6 Å². The van der Waals surface area contributed by atoms with Gasteiger partial charge in [0.05, 0.1) is 46.1 Å². The quantitative estimate of drug-likeness (QED) is 0.421. The van der Waals surface area contributed by atoms with Gasteiger partial charge in [0.2, 0.25) is 23.6 Å². The molecule has 1 aromatic heterocycles. The molecule has 192 valence electrons. The number of H-pyrrole nitrogens is 1. The molecule has 39 heavy (non-hydrogen) atoms. The number of hydrogen-bond acceptors (Lipinski definition) is 5. The molecule has 0 unspecified atom stereocenters. The van der Waals surface area contributed by atoms with Gasteiger partial charge in [0.15, 0.2) is 0 Å². The third kappa shape index (κ3) is 2.66. The molecule has 2 aromatic carbocycles. The van der Waals surface area contributed by atoms with Crippen LogP contribution in [0.25, 0.3) is 22.4 Å². The van der Waals surface area contributed by atoms with Crippen molar-refractivity contribution in [3.05, 3.63) is 66.8 Å². The number of imidazole rings is 1. The van der Waals surface area contributed by atoms with Gasteiger partial charge in [-0.15, -0.1) is 0 Å². The Hall–Kier alpha value is -4.33. The third-order valence-electron chi connectivity index (χ3n) is 10.1. The van der Waals surface area contributed by atoms with Gasteiger partial charge in [-0.2, -0.15) is 0 Å². The Kier molecular flexibility index (Phi) is 3.98. The molecule has 8 nitrogen and oxygen atoms in total. The fraction of sp³-hybridized carbons (Fsp3) is 0.323. The summed E-state index contributed by atoms with van der Waals surface area (Å²) in [6.45, 7) is 0. The van der Waals surface area contributed by atoms with Gasteiger partial charge < -0.3 is 4.98 Å². The smallest absolute Gasteiger partial charge is 0.238 e. The van der Waals surface area contributed by atoms with E-state index < -0.39 is 0 Å². The van der Waals surface area contributed by atoms with E-state index in [4.69, 9.17) is 4.98 Å². The van der Waals surface area contributed by atoms with Gasteiger partial charge in [-0.05, 0) is 79.0 Å². The number of hydrogen-bond donors (Lipinski definition) is 1. The van der Waals surface area contributed by atoms with Gasteiger partial charge in [-0.25, -0.2) is 9.88 Å². The number of benzene rings is 2. The number of aromatic amines is 1. The first-order valence-electron chi connectivity index (χ1n) is 13.7. The van der Waals surface area contributed by atoms with Gasteiger partial charge in [0.25, 0.3) is 0 Å². The van der Waals surface area contributed by atoms with E-state index in [9.17, 15) is 19.2 Å². The largest absolute Gasteiger partial charge is 0.338 e. The van der Waals surface area contributed by atoms with Crippen molar-refractivity contribution in [2.45, 2.75) is 12.8 Å². The fourth-order valence-electron chi connectivity index (χ4n) is 8.36. The summed E-state index contributed by atoms with van der Waals surface area (Å²) < 4.78 is 0. The Morgan fingerprint density at radius 1 is 0.615 bits per heavy atom. The molecule has 3 heterocycles. The second-order valence-electron chi connectivity index (χ2n) is 11.9. The van der Waals surface area contributed by atoms with Crippen molar-refractivity contribution >= 4 is 46.0 Å². The van der Waals surface area contributed by atoms with Crippen molar-refractivity contribution in [2.75, 3.05) is 9.80 Å². The highest BCUT2D eigenvalue weighted by Gasteiger charge is 2.60. The van der Waals surface area contributed by atoms with Crippen LogP contribution in [0.1, 0.15) is 12.8 Å². The molecule has 4 aliphatic carbocycles. The van der Waals surface area contributed by atoms with Crippen LogP contribution in [0.5, 0.6) is 0 Å². The second-order valence-corrected chi connectivity index (χ2v) is 11.9. The molecule has 9 rings (SSSR count). The summed E-state index contributed by atoms with van der Waals surface area (Å²) in [5.41, 5.74) is 3.41. The van der Waals surface area contributed by atoms with Crippen LogP contribution in [-0.2, 0) is 19.2 Å². The van der Waals surface area contributed by atoms with Crippen LogP contribution in [0, 0.1) is 47.3 Å². The van der Waals surface area contributed by atoms with Crippen molar-refractivity contribution in [3.8, 4) is 11.4 Å². The number of nitrogens with one attached hydrogen (secondary N) is 1. The monoisotopic (exact) mass is 516 g/mol. The van der Waals surface area contributed by atoms with Crippen LogP contribution in [0.15, 0.2) is 66.8 Å². The van der Waals surface area contributed by atoms with E-state index in [0.29, 0.717) is 17.2 Å². The highest BCUT2D eigenvalue weighted by atomic mass is 16.2. The number of aromatic nitrogens is 2. The highest BCUT2D eigenvalue weighted by Crippen LogP contribution is 2.54. The summed E-state index contributed by atoms with van der Waals surface area (Å²) in [5, 5.41) is 0. The first-order valence-corrected chi connectivity index (χ1v) is 13.7. The summed E-state index contributed by atoms with van der Waals surface area (Å²) in [5.74, 6) is 0.0185. The minimum absolute atomic E-state index is 0.0928. The van der Waals surface area contributed by atoms with Crippen LogP contribution in [0.4, 0.5) is 11.4 Å². The van der Waals surface area contributed by atoms with Crippen molar-refractivity contribution in [2.24, 2.45) is 47.3 Å². The summed E-state index contributed by atoms with van der Waals surface area (Å²) in [6, 6.07) is 12.7. The lowest BCUT2D eigenvalue weighted by atomic mass is 9.85. The Morgan fingerprint density at radius 2 is 1.08 bits per heavy atom. The average Bonchev–Trinajstić information content (AvgIpc) is 3.79. The van der Waals surface area contributed by atoms with Crippen LogP contribution >= 0.6 is 0 Å². The molecule has 0 spiro atoms. The lowest BCUT2D eigenvalue weighted by Gasteiger charge is -2.17. The first-order chi connectivity index (χ1) is 19.0. The number of nitrogens with zero attached hydrogens (tertiary/aromatic N) is 3. The molecule has 4 bridgehead atoms. The zero-order valence-corrected chi connectivity index (χ0v) is 20.9. The van der Waals surface area contributed by atoms with E-state index in [-0.39, 0.29) is 71.0 Å². The first kappa shape index (κ1) is 21.6. The summed E-state index contributed by atoms with van der Waals surface area (Å²) in [6.07, 6.45) is 10.2. The van der Waals surface area contributed by atoms with Crippen molar-refractivity contribution in [1.82, 2.24) is 9.97 Å². The molecule has 2 saturated heterocycles. The maximum atomic E-state index is 13.2. The molecule has 4 fully saturated rings. The minimum Gasteiger partial charge on any atom is -0.338 e. The van der Waals surface area contributed by atoms with Gasteiger partial charge in [-0.3, -0.25) is 24.1 Å². The summed E-state index contributed by atoms with van der Waals surface area (Å²) in [4.78, 5) is 63.5. The molecule has 0 radical (unpaired) electrons. The Balaban J connectivity index is 0.997. The lowest BCUT2D eigenvalue weighted by Crippen LogP contribution is -2.32. The number of carbonyl (C=O) groups excluding carboxylic acids is 4. The van der Waals surface area contributed by atoms with E-state index >= 15 is 0 Å². The van der Waals surface area contributed by atoms with Gasteiger partial charge in [-0.1, -0.05) is 24.3 Å². The van der Waals surface area contributed by atoms with Gasteiger partial charge in [0, 0.05) is 5.56 Å². The standard InChI is InChI=1S/C31H24N4O4/c36-28-23-15-1-2-16(11-15)24(23)29(37)34(28)19-7-5-14(6-8-19)27-32-21-10-9-20(13-22(21)33-27)35-30(38)25-17-3-4-18(12-17)26(25)31(35)39/h1-10,13,15-18,23-26H,11-12H2,(H,32,33)/t15-,16-,17-,18+,23-,24-,25-,26+/m0/s1. The molecule has 4 amide bonds.